The van der Waals surface area contributed by atoms with Crippen molar-refractivity contribution in [2.24, 2.45) is 5.73 Å². The lowest BCUT2D eigenvalue weighted by Gasteiger charge is -2.25. The van der Waals surface area contributed by atoms with Crippen molar-refractivity contribution >= 4 is 5.78 Å². The van der Waals surface area contributed by atoms with E-state index in [0.29, 0.717) is 0 Å². The minimum absolute atomic E-state index is 0.0233. The zero-order valence-corrected chi connectivity index (χ0v) is 9.07. The van der Waals surface area contributed by atoms with Crippen molar-refractivity contribution in [1.29, 1.82) is 0 Å². The normalized spacial score (nSPS) is 18.3. The molecule has 2 N–H and O–H groups in total. The topological polar surface area (TPSA) is 43.1 Å². The van der Waals surface area contributed by atoms with Crippen LogP contribution in [0.1, 0.15) is 48.0 Å². The predicted molar refractivity (Wildman–Crippen MR) is 61.0 cm³/mol. The molecule has 15 heavy (non-hydrogen) atoms. The lowest BCUT2D eigenvalue weighted by Crippen LogP contribution is -2.26. The molecule has 1 atom stereocenters. The third-order valence-electron chi connectivity index (χ3n) is 3.19. The molecule has 2 nitrogen and oxygen atoms in total. The highest BCUT2D eigenvalue weighted by Gasteiger charge is 2.19. The van der Waals surface area contributed by atoms with Crippen LogP contribution >= 0.6 is 0 Å². The van der Waals surface area contributed by atoms with Crippen LogP contribution < -0.4 is 5.73 Å². The van der Waals surface area contributed by atoms with Crippen molar-refractivity contribution in [3.05, 3.63) is 35.4 Å². The van der Waals surface area contributed by atoms with E-state index in [1.54, 1.807) is 6.92 Å². The summed E-state index contributed by atoms with van der Waals surface area (Å²) in [6.45, 7) is 1.72. The van der Waals surface area contributed by atoms with Gasteiger partial charge < -0.3 is 5.73 Å². The van der Waals surface area contributed by atoms with Gasteiger partial charge in [0.15, 0.2) is 5.78 Å². The van der Waals surface area contributed by atoms with Crippen molar-refractivity contribution in [2.75, 3.05) is 0 Å². The van der Waals surface area contributed by atoms with Crippen LogP contribution in [0.5, 0.6) is 0 Å². The number of hydrogen-bond acceptors (Lipinski definition) is 2. The zero-order chi connectivity index (χ0) is 10.8. The minimum atomic E-state index is -0.403. The number of carbonyl (C=O) groups excluding carboxylic acids is 1. The molecule has 0 spiro atoms. The van der Waals surface area contributed by atoms with E-state index in [1.165, 1.54) is 24.8 Å². The van der Waals surface area contributed by atoms with Crippen molar-refractivity contribution in [2.45, 2.75) is 38.1 Å². The van der Waals surface area contributed by atoms with E-state index >= 15 is 0 Å². The summed E-state index contributed by atoms with van der Waals surface area (Å²) in [6, 6.07) is 7.54. The molecule has 1 saturated carbocycles. The van der Waals surface area contributed by atoms with E-state index in [1.807, 2.05) is 12.1 Å². The molecule has 0 bridgehead atoms. The molecule has 0 heterocycles. The Hall–Kier alpha value is -1.15. The molecular weight excluding hydrogens is 186 g/mol. The van der Waals surface area contributed by atoms with Gasteiger partial charge in [-0.15, -0.1) is 0 Å². The molecular formula is C13H17NO. The monoisotopic (exact) mass is 203 g/mol. The highest BCUT2D eigenvalue weighted by Crippen LogP contribution is 2.36. The third-order valence-corrected chi connectivity index (χ3v) is 3.19. The second kappa shape index (κ2) is 4.15. The van der Waals surface area contributed by atoms with E-state index in [9.17, 15) is 4.79 Å². The Bertz CT molecular complexity index is 349. The van der Waals surface area contributed by atoms with Crippen molar-refractivity contribution in [3.8, 4) is 0 Å². The molecule has 1 aromatic carbocycles. The van der Waals surface area contributed by atoms with Crippen molar-refractivity contribution < 1.29 is 4.79 Å². The van der Waals surface area contributed by atoms with Gasteiger partial charge in [-0.05, 0) is 31.2 Å². The summed E-state index contributed by atoms with van der Waals surface area (Å²) in [5.74, 6) is 0.750. The minimum Gasteiger partial charge on any atom is -0.321 e. The summed E-state index contributed by atoms with van der Waals surface area (Å²) in [5, 5.41) is 0. The van der Waals surface area contributed by atoms with Gasteiger partial charge in [0, 0.05) is 5.56 Å². The standard InChI is InChI=1S/C13H17NO/c1-9(14)13(15)12-7-5-11(6-8-12)10-3-2-4-10/h5-10H,2-4,14H2,1H3. The Morgan fingerprint density at radius 1 is 1.33 bits per heavy atom. The number of benzene rings is 1. The fourth-order valence-corrected chi connectivity index (χ4v) is 1.92. The van der Waals surface area contributed by atoms with Gasteiger partial charge in [-0.2, -0.15) is 0 Å². The highest BCUT2D eigenvalue weighted by atomic mass is 16.1. The lowest BCUT2D eigenvalue weighted by atomic mass is 9.80. The first kappa shape index (κ1) is 10.4. The van der Waals surface area contributed by atoms with Crippen LogP contribution in [0, 0.1) is 0 Å². The van der Waals surface area contributed by atoms with E-state index in [2.05, 4.69) is 12.1 Å². The van der Waals surface area contributed by atoms with E-state index in [-0.39, 0.29) is 5.78 Å². The third kappa shape index (κ3) is 2.10. The van der Waals surface area contributed by atoms with Crippen LogP contribution in [-0.2, 0) is 0 Å². The fourth-order valence-electron chi connectivity index (χ4n) is 1.92. The molecule has 1 aliphatic carbocycles. The van der Waals surface area contributed by atoms with Gasteiger partial charge in [0.05, 0.1) is 6.04 Å². The number of hydrogen-bond donors (Lipinski definition) is 1. The summed E-state index contributed by atoms with van der Waals surface area (Å²) in [7, 11) is 0. The molecule has 1 fully saturated rings. The highest BCUT2D eigenvalue weighted by molar-refractivity contribution is 5.99. The van der Waals surface area contributed by atoms with Gasteiger partial charge in [0.25, 0.3) is 0 Å². The van der Waals surface area contributed by atoms with E-state index in [4.69, 9.17) is 5.73 Å². The second-order valence-electron chi connectivity index (χ2n) is 4.40. The summed E-state index contributed by atoms with van der Waals surface area (Å²) in [5.41, 5.74) is 7.65. The Morgan fingerprint density at radius 3 is 2.33 bits per heavy atom. The van der Waals surface area contributed by atoms with Gasteiger partial charge >= 0.3 is 0 Å². The zero-order valence-electron chi connectivity index (χ0n) is 9.07. The first-order valence-electron chi connectivity index (χ1n) is 5.58. The maximum atomic E-state index is 11.6. The van der Waals surface area contributed by atoms with Crippen LogP contribution in [-0.4, -0.2) is 11.8 Å². The number of rotatable bonds is 3. The van der Waals surface area contributed by atoms with Crippen LogP contribution in [0.2, 0.25) is 0 Å². The van der Waals surface area contributed by atoms with Crippen LogP contribution in [0.25, 0.3) is 0 Å². The number of Topliss-reactive ketones (excluding diaryl/α,β-unsaturated/α-hetero) is 1. The van der Waals surface area contributed by atoms with E-state index < -0.39 is 6.04 Å². The quantitative estimate of drug-likeness (QED) is 0.767. The van der Waals surface area contributed by atoms with E-state index in [0.717, 1.165) is 11.5 Å². The number of nitrogens with two attached hydrogens (primary N) is 1. The first-order valence-corrected chi connectivity index (χ1v) is 5.58. The molecule has 2 rings (SSSR count). The molecule has 80 valence electrons. The Labute approximate surface area is 90.5 Å². The maximum absolute atomic E-state index is 11.6. The molecule has 2 heteroatoms. The Morgan fingerprint density at radius 2 is 1.93 bits per heavy atom. The van der Waals surface area contributed by atoms with Crippen LogP contribution in [0.3, 0.4) is 0 Å². The number of ketones is 1. The largest absolute Gasteiger partial charge is 0.321 e. The molecule has 0 aromatic heterocycles. The van der Waals surface area contributed by atoms with Gasteiger partial charge in [-0.3, -0.25) is 4.79 Å². The molecule has 0 aliphatic heterocycles. The molecule has 0 radical (unpaired) electrons. The van der Waals surface area contributed by atoms with Crippen molar-refractivity contribution in [1.82, 2.24) is 0 Å². The number of carbonyl (C=O) groups is 1. The molecule has 0 amide bonds. The summed E-state index contributed by atoms with van der Waals surface area (Å²) >= 11 is 0. The van der Waals surface area contributed by atoms with Gasteiger partial charge in [0.2, 0.25) is 0 Å². The van der Waals surface area contributed by atoms with Crippen molar-refractivity contribution in [3.63, 3.8) is 0 Å². The smallest absolute Gasteiger partial charge is 0.179 e. The molecule has 0 saturated heterocycles. The first-order chi connectivity index (χ1) is 7.18. The SMILES string of the molecule is CC(N)C(=O)c1ccc(C2CCC2)cc1. The maximum Gasteiger partial charge on any atom is 0.179 e. The van der Waals surface area contributed by atoms with Crippen LogP contribution in [0.4, 0.5) is 0 Å². The average Bonchev–Trinajstić information content (AvgIpc) is 2.15. The Balaban J connectivity index is 2.12. The average molecular weight is 203 g/mol. The van der Waals surface area contributed by atoms with Gasteiger partial charge in [-0.25, -0.2) is 0 Å². The summed E-state index contributed by atoms with van der Waals surface area (Å²) < 4.78 is 0. The summed E-state index contributed by atoms with van der Waals surface area (Å²) in [6.07, 6.45) is 3.92. The molecule has 1 aliphatic rings. The molecule has 1 unspecified atom stereocenters. The molecule has 1 aromatic rings. The lowest BCUT2D eigenvalue weighted by molar-refractivity contribution is 0.0968. The van der Waals surface area contributed by atoms with Gasteiger partial charge in [-0.1, -0.05) is 30.7 Å². The van der Waals surface area contributed by atoms with Crippen LogP contribution in [0.15, 0.2) is 24.3 Å². The Kier molecular flexibility index (Phi) is 2.87. The van der Waals surface area contributed by atoms with Gasteiger partial charge in [0.1, 0.15) is 0 Å². The fraction of sp³-hybridized carbons (Fsp3) is 0.462. The predicted octanol–water partition coefficient (Wildman–Crippen LogP) is 2.48. The second-order valence-corrected chi connectivity index (χ2v) is 4.40. The summed E-state index contributed by atoms with van der Waals surface area (Å²) in [4.78, 5) is 11.6.